The molecule has 0 aromatic rings. The van der Waals surface area contributed by atoms with E-state index in [0.29, 0.717) is 0 Å². The zero-order valence-electron chi connectivity index (χ0n) is 13.0. The maximum atomic E-state index is 6.29. The average Bonchev–Trinajstić information content (AvgIpc) is 2.49. The van der Waals surface area contributed by atoms with Crippen LogP contribution in [0.25, 0.3) is 0 Å². The molecule has 0 amide bonds. The SMILES string of the molecule is CNCC1CCCCC1C1CCOC2(CCSCC2)C1. The molecule has 3 aliphatic rings. The summed E-state index contributed by atoms with van der Waals surface area (Å²) in [6, 6.07) is 0. The van der Waals surface area contributed by atoms with Gasteiger partial charge in [0.25, 0.3) is 0 Å². The van der Waals surface area contributed by atoms with Crippen molar-refractivity contribution in [2.75, 3.05) is 31.7 Å². The van der Waals surface area contributed by atoms with Gasteiger partial charge in [-0.1, -0.05) is 12.8 Å². The lowest BCUT2D eigenvalue weighted by molar-refractivity contribution is -0.117. The Hall–Kier alpha value is 0.270. The highest BCUT2D eigenvalue weighted by Crippen LogP contribution is 2.46. The Balaban J connectivity index is 1.65. The average molecular weight is 298 g/mol. The summed E-state index contributed by atoms with van der Waals surface area (Å²) in [5, 5.41) is 3.44. The number of nitrogens with one attached hydrogen (secondary N) is 1. The minimum absolute atomic E-state index is 0.274. The van der Waals surface area contributed by atoms with E-state index < -0.39 is 0 Å². The van der Waals surface area contributed by atoms with Crippen LogP contribution in [0.15, 0.2) is 0 Å². The van der Waals surface area contributed by atoms with Gasteiger partial charge in [0.2, 0.25) is 0 Å². The van der Waals surface area contributed by atoms with Crippen molar-refractivity contribution in [2.24, 2.45) is 17.8 Å². The van der Waals surface area contributed by atoms with Crippen LogP contribution in [0.3, 0.4) is 0 Å². The Morgan fingerprint density at radius 1 is 1.15 bits per heavy atom. The second kappa shape index (κ2) is 7.02. The first-order valence-corrected chi connectivity index (χ1v) is 9.85. The lowest BCUT2D eigenvalue weighted by atomic mass is 9.67. The van der Waals surface area contributed by atoms with Crippen molar-refractivity contribution in [1.82, 2.24) is 5.32 Å². The van der Waals surface area contributed by atoms with Crippen molar-refractivity contribution >= 4 is 11.8 Å². The van der Waals surface area contributed by atoms with Crippen molar-refractivity contribution in [3.63, 3.8) is 0 Å². The third kappa shape index (κ3) is 3.36. The van der Waals surface area contributed by atoms with Crippen LogP contribution in [0.4, 0.5) is 0 Å². The van der Waals surface area contributed by atoms with Gasteiger partial charge in [-0.25, -0.2) is 0 Å². The lowest BCUT2D eigenvalue weighted by Crippen LogP contribution is -2.46. The van der Waals surface area contributed by atoms with Crippen molar-refractivity contribution in [3.05, 3.63) is 0 Å². The van der Waals surface area contributed by atoms with Crippen LogP contribution in [0.2, 0.25) is 0 Å². The maximum Gasteiger partial charge on any atom is 0.0701 e. The molecule has 2 heterocycles. The molecule has 2 aliphatic heterocycles. The Labute approximate surface area is 128 Å². The summed E-state index contributed by atoms with van der Waals surface area (Å²) in [5.41, 5.74) is 0.274. The molecule has 3 unspecified atom stereocenters. The molecule has 1 spiro atoms. The van der Waals surface area contributed by atoms with Gasteiger partial charge >= 0.3 is 0 Å². The van der Waals surface area contributed by atoms with Gasteiger partial charge in [-0.05, 0) is 81.4 Å². The molecule has 3 heteroatoms. The van der Waals surface area contributed by atoms with E-state index in [1.54, 1.807) is 0 Å². The number of hydrogen-bond donors (Lipinski definition) is 1. The maximum absolute atomic E-state index is 6.29. The van der Waals surface area contributed by atoms with Crippen LogP contribution in [-0.4, -0.2) is 37.3 Å². The molecule has 0 aromatic carbocycles. The summed E-state index contributed by atoms with van der Waals surface area (Å²) < 4.78 is 6.29. The summed E-state index contributed by atoms with van der Waals surface area (Å²) in [7, 11) is 2.12. The molecular formula is C17H31NOS. The number of hydrogen-bond acceptors (Lipinski definition) is 3. The van der Waals surface area contributed by atoms with E-state index in [9.17, 15) is 0 Å². The topological polar surface area (TPSA) is 21.3 Å². The van der Waals surface area contributed by atoms with Gasteiger partial charge in [0.1, 0.15) is 0 Å². The van der Waals surface area contributed by atoms with Crippen molar-refractivity contribution < 1.29 is 4.74 Å². The Bertz CT molecular complexity index is 296. The third-order valence-electron chi connectivity index (χ3n) is 5.97. The molecule has 20 heavy (non-hydrogen) atoms. The first-order valence-electron chi connectivity index (χ1n) is 8.69. The van der Waals surface area contributed by atoms with E-state index in [1.807, 2.05) is 0 Å². The number of rotatable bonds is 3. The van der Waals surface area contributed by atoms with E-state index in [2.05, 4.69) is 24.1 Å². The molecule has 3 atom stereocenters. The third-order valence-corrected chi connectivity index (χ3v) is 6.96. The molecule has 0 bridgehead atoms. The normalized spacial score (nSPS) is 38.0. The lowest BCUT2D eigenvalue weighted by Gasteiger charge is -2.47. The first-order chi connectivity index (χ1) is 9.83. The Morgan fingerprint density at radius 3 is 2.75 bits per heavy atom. The van der Waals surface area contributed by atoms with Gasteiger partial charge in [0, 0.05) is 6.61 Å². The fraction of sp³-hybridized carbons (Fsp3) is 1.00. The van der Waals surface area contributed by atoms with Crippen molar-refractivity contribution in [2.45, 2.75) is 57.0 Å². The highest BCUT2D eigenvalue weighted by molar-refractivity contribution is 7.99. The number of ether oxygens (including phenoxy) is 1. The van der Waals surface area contributed by atoms with Crippen molar-refractivity contribution in [1.29, 1.82) is 0 Å². The van der Waals surface area contributed by atoms with Gasteiger partial charge in [0.15, 0.2) is 0 Å². The quantitative estimate of drug-likeness (QED) is 0.858. The summed E-state index contributed by atoms with van der Waals surface area (Å²) >= 11 is 2.12. The van der Waals surface area contributed by atoms with Crippen LogP contribution in [0.1, 0.15) is 51.4 Å². The fourth-order valence-electron chi connectivity index (χ4n) is 4.90. The van der Waals surface area contributed by atoms with E-state index in [1.165, 1.54) is 69.4 Å². The first kappa shape index (κ1) is 15.2. The van der Waals surface area contributed by atoms with Gasteiger partial charge < -0.3 is 10.1 Å². The predicted molar refractivity (Wildman–Crippen MR) is 87.3 cm³/mol. The summed E-state index contributed by atoms with van der Waals surface area (Å²) in [6.07, 6.45) is 11.1. The van der Waals surface area contributed by atoms with Gasteiger partial charge in [-0.15, -0.1) is 0 Å². The van der Waals surface area contributed by atoms with Gasteiger partial charge in [-0.2, -0.15) is 11.8 Å². The monoisotopic (exact) mass is 297 g/mol. The van der Waals surface area contributed by atoms with Crippen molar-refractivity contribution in [3.8, 4) is 0 Å². The molecule has 2 saturated heterocycles. The summed E-state index contributed by atoms with van der Waals surface area (Å²) in [4.78, 5) is 0. The van der Waals surface area contributed by atoms with Crippen LogP contribution >= 0.6 is 11.8 Å². The molecule has 2 nitrogen and oxygen atoms in total. The van der Waals surface area contributed by atoms with Crippen LogP contribution in [0, 0.1) is 17.8 Å². The largest absolute Gasteiger partial charge is 0.375 e. The number of thioether (sulfide) groups is 1. The molecular weight excluding hydrogens is 266 g/mol. The molecule has 0 aromatic heterocycles. The van der Waals surface area contributed by atoms with E-state index in [4.69, 9.17) is 4.74 Å². The van der Waals surface area contributed by atoms with Crippen LogP contribution < -0.4 is 5.32 Å². The highest BCUT2D eigenvalue weighted by Gasteiger charge is 2.42. The molecule has 116 valence electrons. The van der Waals surface area contributed by atoms with E-state index >= 15 is 0 Å². The second-order valence-corrected chi connectivity index (χ2v) is 8.39. The Kier molecular flexibility index (Phi) is 5.33. The minimum atomic E-state index is 0.274. The van der Waals surface area contributed by atoms with Crippen LogP contribution in [-0.2, 0) is 4.74 Å². The second-order valence-electron chi connectivity index (χ2n) is 7.16. The molecule has 3 fully saturated rings. The Morgan fingerprint density at radius 2 is 1.95 bits per heavy atom. The van der Waals surface area contributed by atoms with Crippen LogP contribution in [0.5, 0.6) is 0 Å². The molecule has 1 N–H and O–H groups in total. The highest BCUT2D eigenvalue weighted by atomic mass is 32.2. The zero-order valence-corrected chi connectivity index (χ0v) is 13.9. The molecule has 1 saturated carbocycles. The predicted octanol–water partition coefficient (Wildman–Crippen LogP) is 3.70. The zero-order chi connectivity index (χ0) is 13.8. The smallest absolute Gasteiger partial charge is 0.0701 e. The minimum Gasteiger partial charge on any atom is -0.375 e. The van der Waals surface area contributed by atoms with Gasteiger partial charge in [0.05, 0.1) is 5.60 Å². The molecule has 3 rings (SSSR count). The van der Waals surface area contributed by atoms with E-state index in [-0.39, 0.29) is 5.60 Å². The summed E-state index contributed by atoms with van der Waals surface area (Å²) in [5.74, 6) is 5.46. The fourth-order valence-corrected chi connectivity index (χ4v) is 6.13. The standard InChI is InChI=1S/C17H31NOS/c1-18-13-15-4-2-3-5-16(15)14-6-9-19-17(12-14)7-10-20-11-8-17/h14-16,18H,2-13H2,1H3. The summed E-state index contributed by atoms with van der Waals surface area (Å²) in [6.45, 7) is 2.25. The molecule has 1 aliphatic carbocycles. The van der Waals surface area contributed by atoms with E-state index in [0.717, 1.165) is 24.4 Å². The molecule has 0 radical (unpaired) electrons. The van der Waals surface area contributed by atoms with Gasteiger partial charge in [-0.3, -0.25) is 0 Å².